The highest BCUT2D eigenvalue weighted by Crippen LogP contribution is 2.23. The smallest absolute Gasteiger partial charge is 0.303 e. The number of nitrogens with zero attached hydrogens (tertiary/aromatic N) is 1. The number of likely N-dealkylation sites (tertiary alicyclic amines) is 1. The van der Waals surface area contributed by atoms with E-state index in [1.165, 1.54) is 0 Å². The molecule has 1 aromatic carbocycles. The van der Waals surface area contributed by atoms with Gasteiger partial charge in [-0.15, -0.1) is 0 Å². The van der Waals surface area contributed by atoms with Gasteiger partial charge in [0, 0.05) is 28.6 Å². The lowest BCUT2D eigenvalue weighted by molar-refractivity contribution is -0.137. The van der Waals surface area contributed by atoms with Crippen molar-refractivity contribution in [2.24, 2.45) is 5.92 Å². The van der Waals surface area contributed by atoms with E-state index in [4.69, 9.17) is 5.11 Å². The number of halogens is 1. The maximum absolute atomic E-state index is 12.3. The Morgan fingerprint density at radius 2 is 1.80 bits per heavy atom. The van der Waals surface area contributed by atoms with Gasteiger partial charge >= 0.3 is 5.97 Å². The van der Waals surface area contributed by atoms with Crippen LogP contribution in [-0.2, 0) is 4.79 Å². The van der Waals surface area contributed by atoms with Crippen LogP contribution in [0.4, 0.5) is 0 Å². The van der Waals surface area contributed by atoms with Crippen molar-refractivity contribution in [1.82, 2.24) is 4.90 Å². The number of rotatable bonds is 4. The molecule has 20 heavy (non-hydrogen) atoms. The van der Waals surface area contributed by atoms with Crippen LogP contribution in [0.1, 0.15) is 36.0 Å². The fourth-order valence-electron chi connectivity index (χ4n) is 2.53. The minimum atomic E-state index is -0.734. The van der Waals surface area contributed by atoms with Crippen molar-refractivity contribution in [3.8, 4) is 0 Å². The zero-order valence-electron chi connectivity index (χ0n) is 11.2. The third kappa shape index (κ3) is 4.19. The van der Waals surface area contributed by atoms with Gasteiger partial charge in [-0.25, -0.2) is 0 Å². The summed E-state index contributed by atoms with van der Waals surface area (Å²) >= 11 is 2.22. The Bertz CT molecular complexity index is 478. The molecule has 0 aliphatic carbocycles. The van der Waals surface area contributed by atoms with E-state index < -0.39 is 5.97 Å². The minimum Gasteiger partial charge on any atom is -0.481 e. The van der Waals surface area contributed by atoms with E-state index in [0.717, 1.165) is 41.5 Å². The Kier molecular flexibility index (Phi) is 5.39. The molecule has 0 spiro atoms. The van der Waals surface area contributed by atoms with Gasteiger partial charge in [0.25, 0.3) is 5.91 Å². The molecule has 0 atom stereocenters. The van der Waals surface area contributed by atoms with E-state index in [1.54, 1.807) is 0 Å². The number of carboxylic acids is 1. The molecule has 5 heteroatoms. The second kappa shape index (κ2) is 7.06. The molecule has 2 rings (SSSR count). The number of hydrogen-bond donors (Lipinski definition) is 1. The van der Waals surface area contributed by atoms with Crippen LogP contribution >= 0.6 is 22.6 Å². The zero-order valence-corrected chi connectivity index (χ0v) is 13.4. The topological polar surface area (TPSA) is 57.6 Å². The normalized spacial score (nSPS) is 16.1. The van der Waals surface area contributed by atoms with Gasteiger partial charge in [-0.2, -0.15) is 0 Å². The van der Waals surface area contributed by atoms with Crippen LogP contribution in [0.3, 0.4) is 0 Å². The van der Waals surface area contributed by atoms with E-state index in [9.17, 15) is 9.59 Å². The van der Waals surface area contributed by atoms with E-state index >= 15 is 0 Å². The largest absolute Gasteiger partial charge is 0.481 e. The van der Waals surface area contributed by atoms with Gasteiger partial charge < -0.3 is 10.0 Å². The van der Waals surface area contributed by atoms with Crippen molar-refractivity contribution >= 4 is 34.5 Å². The second-order valence-electron chi connectivity index (χ2n) is 5.17. The molecule has 1 fully saturated rings. The predicted molar refractivity (Wildman–Crippen MR) is 84.7 cm³/mol. The third-order valence-corrected chi connectivity index (χ3v) is 4.48. The molecule has 1 amide bonds. The van der Waals surface area contributed by atoms with Crippen LogP contribution in [0.15, 0.2) is 24.3 Å². The van der Waals surface area contributed by atoms with Crippen LogP contribution in [0.5, 0.6) is 0 Å². The van der Waals surface area contributed by atoms with Crippen LogP contribution < -0.4 is 0 Å². The SMILES string of the molecule is O=C(O)CCC1CCN(C(=O)c2ccc(I)cc2)CC1. The lowest BCUT2D eigenvalue weighted by Gasteiger charge is -2.32. The number of piperidine rings is 1. The average molecular weight is 387 g/mol. The van der Waals surface area contributed by atoms with Crippen LogP contribution in [-0.4, -0.2) is 35.0 Å². The molecule has 0 bridgehead atoms. The Morgan fingerprint density at radius 3 is 2.35 bits per heavy atom. The molecule has 0 radical (unpaired) electrons. The van der Waals surface area contributed by atoms with Crippen LogP contribution in [0, 0.1) is 9.49 Å². The summed E-state index contributed by atoms with van der Waals surface area (Å²) in [5.74, 6) is -0.215. The van der Waals surface area contributed by atoms with Gasteiger partial charge in [-0.3, -0.25) is 9.59 Å². The predicted octanol–water partition coefficient (Wildman–Crippen LogP) is 3.01. The second-order valence-corrected chi connectivity index (χ2v) is 6.42. The average Bonchev–Trinajstić information content (AvgIpc) is 2.46. The number of hydrogen-bond acceptors (Lipinski definition) is 2. The molecular formula is C15H18INO3. The molecule has 1 heterocycles. The summed E-state index contributed by atoms with van der Waals surface area (Å²) in [6.45, 7) is 1.46. The first-order valence-electron chi connectivity index (χ1n) is 6.83. The molecule has 1 aromatic rings. The summed E-state index contributed by atoms with van der Waals surface area (Å²) in [5.41, 5.74) is 0.731. The van der Waals surface area contributed by atoms with Crippen molar-refractivity contribution in [3.63, 3.8) is 0 Å². The van der Waals surface area contributed by atoms with Crippen LogP contribution in [0.2, 0.25) is 0 Å². The Morgan fingerprint density at radius 1 is 1.20 bits per heavy atom. The quantitative estimate of drug-likeness (QED) is 0.809. The lowest BCUT2D eigenvalue weighted by atomic mass is 9.92. The molecule has 4 nitrogen and oxygen atoms in total. The summed E-state index contributed by atoms with van der Waals surface area (Å²) < 4.78 is 1.12. The molecule has 1 aliphatic heterocycles. The standard InChI is InChI=1S/C15H18INO3/c16-13-4-2-12(3-5-13)15(20)17-9-7-11(8-10-17)1-6-14(18)19/h2-5,11H,1,6-10H2,(H,18,19). The molecule has 108 valence electrons. The van der Waals surface area contributed by atoms with Crippen molar-refractivity contribution in [3.05, 3.63) is 33.4 Å². The maximum atomic E-state index is 12.3. The summed E-state index contributed by atoms with van der Waals surface area (Å²) in [6, 6.07) is 7.60. The van der Waals surface area contributed by atoms with E-state index in [-0.39, 0.29) is 12.3 Å². The number of aliphatic carboxylic acids is 1. The van der Waals surface area contributed by atoms with Gasteiger partial charge in [-0.1, -0.05) is 0 Å². The highest BCUT2D eigenvalue weighted by Gasteiger charge is 2.23. The highest BCUT2D eigenvalue weighted by molar-refractivity contribution is 14.1. The molecule has 0 unspecified atom stereocenters. The van der Waals surface area contributed by atoms with Gasteiger partial charge in [0.1, 0.15) is 0 Å². The Labute approximate surface area is 132 Å². The van der Waals surface area contributed by atoms with Crippen molar-refractivity contribution in [2.45, 2.75) is 25.7 Å². The molecule has 1 N–H and O–H groups in total. The third-order valence-electron chi connectivity index (χ3n) is 3.76. The monoisotopic (exact) mass is 387 g/mol. The summed E-state index contributed by atoms with van der Waals surface area (Å²) in [5, 5.41) is 8.69. The Hall–Kier alpha value is -1.11. The number of carboxylic acid groups (broad SMARTS) is 1. The first kappa shape index (κ1) is 15.3. The van der Waals surface area contributed by atoms with E-state index in [1.807, 2.05) is 29.2 Å². The Balaban J connectivity index is 1.85. The number of benzene rings is 1. The summed E-state index contributed by atoms with van der Waals surface area (Å²) in [6.07, 6.45) is 2.77. The number of amides is 1. The number of carbonyl (C=O) groups excluding carboxylic acids is 1. The lowest BCUT2D eigenvalue weighted by Crippen LogP contribution is -2.38. The van der Waals surface area contributed by atoms with Crippen molar-refractivity contribution < 1.29 is 14.7 Å². The zero-order chi connectivity index (χ0) is 14.5. The summed E-state index contributed by atoms with van der Waals surface area (Å²) in [4.78, 5) is 24.7. The molecule has 1 aliphatic rings. The highest BCUT2D eigenvalue weighted by atomic mass is 127. The first-order valence-corrected chi connectivity index (χ1v) is 7.91. The fourth-order valence-corrected chi connectivity index (χ4v) is 2.89. The molecule has 0 saturated carbocycles. The first-order chi connectivity index (χ1) is 9.56. The molecule has 1 saturated heterocycles. The van der Waals surface area contributed by atoms with Crippen molar-refractivity contribution in [1.29, 1.82) is 0 Å². The van der Waals surface area contributed by atoms with Gasteiger partial charge in [0.15, 0.2) is 0 Å². The molecule has 0 aromatic heterocycles. The number of carbonyl (C=O) groups is 2. The maximum Gasteiger partial charge on any atom is 0.303 e. The van der Waals surface area contributed by atoms with E-state index in [0.29, 0.717) is 5.92 Å². The van der Waals surface area contributed by atoms with Gasteiger partial charge in [0.2, 0.25) is 0 Å². The summed E-state index contributed by atoms with van der Waals surface area (Å²) in [7, 11) is 0. The van der Waals surface area contributed by atoms with Crippen molar-refractivity contribution in [2.75, 3.05) is 13.1 Å². The van der Waals surface area contributed by atoms with E-state index in [2.05, 4.69) is 22.6 Å². The van der Waals surface area contributed by atoms with Gasteiger partial charge in [0.05, 0.1) is 0 Å². The molecular weight excluding hydrogens is 369 g/mol. The minimum absolute atomic E-state index is 0.0816. The van der Waals surface area contributed by atoms with Gasteiger partial charge in [-0.05, 0) is 72.0 Å². The van der Waals surface area contributed by atoms with Crippen LogP contribution in [0.25, 0.3) is 0 Å². The fraction of sp³-hybridized carbons (Fsp3) is 0.467.